The SMILES string of the molecule is CCOC(=O)CCCCCNCC(O)CC. The number of hydrogen-bond donors (Lipinski definition) is 2. The van der Waals surface area contributed by atoms with Gasteiger partial charge in [0.05, 0.1) is 12.7 Å². The predicted octanol–water partition coefficient (Wildman–Crippen LogP) is 1.47. The number of carbonyl (C=O) groups is 1. The molecule has 0 aromatic carbocycles. The van der Waals surface area contributed by atoms with Gasteiger partial charge in [-0.15, -0.1) is 0 Å². The van der Waals surface area contributed by atoms with Crippen molar-refractivity contribution in [2.75, 3.05) is 19.7 Å². The molecule has 0 fully saturated rings. The quantitative estimate of drug-likeness (QED) is 0.441. The number of ether oxygens (including phenoxy) is 1. The van der Waals surface area contributed by atoms with Gasteiger partial charge in [0.15, 0.2) is 0 Å². The second-order valence-corrected chi connectivity index (χ2v) is 3.88. The third-order valence-corrected chi connectivity index (χ3v) is 2.39. The molecular formula is C12H25NO3. The molecule has 0 spiro atoms. The van der Waals surface area contributed by atoms with Gasteiger partial charge in [0.1, 0.15) is 0 Å². The molecule has 0 radical (unpaired) electrons. The molecule has 0 aromatic rings. The fraction of sp³-hybridized carbons (Fsp3) is 0.917. The average molecular weight is 231 g/mol. The van der Waals surface area contributed by atoms with E-state index in [1.165, 1.54) is 0 Å². The summed E-state index contributed by atoms with van der Waals surface area (Å²) in [6.07, 6.45) is 4.02. The van der Waals surface area contributed by atoms with Gasteiger partial charge in [-0.05, 0) is 32.7 Å². The van der Waals surface area contributed by atoms with Crippen molar-refractivity contribution >= 4 is 5.97 Å². The lowest BCUT2D eigenvalue weighted by molar-refractivity contribution is -0.143. The van der Waals surface area contributed by atoms with Gasteiger partial charge >= 0.3 is 5.97 Å². The van der Waals surface area contributed by atoms with Crippen LogP contribution >= 0.6 is 0 Å². The highest BCUT2D eigenvalue weighted by Crippen LogP contribution is 2.00. The first kappa shape index (κ1) is 15.4. The van der Waals surface area contributed by atoms with E-state index in [9.17, 15) is 9.90 Å². The van der Waals surface area contributed by atoms with Gasteiger partial charge in [-0.3, -0.25) is 4.79 Å². The Bertz CT molecular complexity index is 174. The molecule has 16 heavy (non-hydrogen) atoms. The first-order valence-electron chi connectivity index (χ1n) is 6.25. The highest BCUT2D eigenvalue weighted by molar-refractivity contribution is 5.69. The minimum absolute atomic E-state index is 0.100. The number of nitrogens with one attached hydrogen (secondary N) is 1. The van der Waals surface area contributed by atoms with E-state index in [4.69, 9.17) is 4.74 Å². The molecule has 0 rings (SSSR count). The van der Waals surface area contributed by atoms with Gasteiger partial charge in [0.2, 0.25) is 0 Å². The monoisotopic (exact) mass is 231 g/mol. The van der Waals surface area contributed by atoms with Gasteiger partial charge in [-0.2, -0.15) is 0 Å². The van der Waals surface area contributed by atoms with Crippen LogP contribution < -0.4 is 5.32 Å². The Morgan fingerprint density at radius 2 is 2.06 bits per heavy atom. The molecule has 1 unspecified atom stereocenters. The number of carbonyl (C=O) groups excluding carboxylic acids is 1. The Morgan fingerprint density at radius 3 is 2.69 bits per heavy atom. The highest BCUT2D eigenvalue weighted by Gasteiger charge is 2.01. The first-order chi connectivity index (χ1) is 7.70. The molecule has 1 atom stereocenters. The Morgan fingerprint density at radius 1 is 1.31 bits per heavy atom. The van der Waals surface area contributed by atoms with Crippen LogP contribution in [0.4, 0.5) is 0 Å². The maximum absolute atomic E-state index is 11.0. The number of aliphatic hydroxyl groups is 1. The van der Waals surface area contributed by atoms with E-state index in [-0.39, 0.29) is 12.1 Å². The van der Waals surface area contributed by atoms with Crippen molar-refractivity contribution in [3.05, 3.63) is 0 Å². The van der Waals surface area contributed by atoms with Crippen LogP contribution in [0.2, 0.25) is 0 Å². The average Bonchev–Trinajstić information content (AvgIpc) is 2.27. The van der Waals surface area contributed by atoms with E-state index in [2.05, 4.69) is 5.32 Å². The molecule has 0 saturated heterocycles. The van der Waals surface area contributed by atoms with E-state index < -0.39 is 0 Å². The van der Waals surface area contributed by atoms with E-state index in [1.54, 1.807) is 0 Å². The molecular weight excluding hydrogens is 206 g/mol. The summed E-state index contributed by atoms with van der Waals surface area (Å²) >= 11 is 0. The summed E-state index contributed by atoms with van der Waals surface area (Å²) in [5.74, 6) is -0.100. The molecule has 4 nitrogen and oxygen atoms in total. The zero-order valence-corrected chi connectivity index (χ0v) is 10.5. The van der Waals surface area contributed by atoms with Crippen LogP contribution in [-0.4, -0.2) is 36.9 Å². The molecule has 4 heteroatoms. The maximum atomic E-state index is 11.0. The van der Waals surface area contributed by atoms with Gasteiger partial charge in [-0.1, -0.05) is 13.3 Å². The summed E-state index contributed by atoms with van der Waals surface area (Å²) in [5.41, 5.74) is 0. The van der Waals surface area contributed by atoms with Crippen LogP contribution in [0.15, 0.2) is 0 Å². The smallest absolute Gasteiger partial charge is 0.305 e. The van der Waals surface area contributed by atoms with Gasteiger partial charge in [0.25, 0.3) is 0 Å². The van der Waals surface area contributed by atoms with Crippen molar-refractivity contribution in [1.82, 2.24) is 5.32 Å². The van der Waals surface area contributed by atoms with Crippen molar-refractivity contribution in [2.24, 2.45) is 0 Å². The lowest BCUT2D eigenvalue weighted by atomic mass is 10.2. The number of aliphatic hydroxyl groups excluding tert-OH is 1. The topological polar surface area (TPSA) is 58.6 Å². The third-order valence-electron chi connectivity index (χ3n) is 2.39. The van der Waals surface area contributed by atoms with E-state index in [0.717, 1.165) is 32.2 Å². The van der Waals surface area contributed by atoms with Gasteiger partial charge in [-0.25, -0.2) is 0 Å². The molecule has 0 aliphatic carbocycles. The molecule has 2 N–H and O–H groups in total. The zero-order chi connectivity index (χ0) is 12.2. The fourth-order valence-electron chi connectivity index (χ4n) is 1.34. The van der Waals surface area contributed by atoms with Gasteiger partial charge < -0.3 is 15.2 Å². The van der Waals surface area contributed by atoms with E-state index in [0.29, 0.717) is 19.6 Å². The minimum Gasteiger partial charge on any atom is -0.466 e. The molecule has 0 aliphatic heterocycles. The molecule has 0 aromatic heterocycles. The van der Waals surface area contributed by atoms with Crippen molar-refractivity contribution in [3.63, 3.8) is 0 Å². The van der Waals surface area contributed by atoms with Crippen LogP contribution in [0, 0.1) is 0 Å². The summed E-state index contributed by atoms with van der Waals surface area (Å²) in [4.78, 5) is 11.0. The lowest BCUT2D eigenvalue weighted by Crippen LogP contribution is -2.26. The number of esters is 1. The number of rotatable bonds is 10. The molecule has 0 saturated carbocycles. The van der Waals surface area contributed by atoms with Crippen molar-refractivity contribution in [1.29, 1.82) is 0 Å². The van der Waals surface area contributed by atoms with Gasteiger partial charge in [0, 0.05) is 13.0 Å². The Hall–Kier alpha value is -0.610. The lowest BCUT2D eigenvalue weighted by Gasteiger charge is -2.08. The summed E-state index contributed by atoms with van der Waals surface area (Å²) in [6.45, 7) is 5.82. The zero-order valence-electron chi connectivity index (χ0n) is 10.5. The molecule has 0 bridgehead atoms. The van der Waals surface area contributed by atoms with Crippen LogP contribution in [0.25, 0.3) is 0 Å². The van der Waals surface area contributed by atoms with Crippen LogP contribution in [0.1, 0.15) is 46.0 Å². The summed E-state index contributed by atoms with van der Waals surface area (Å²) in [6, 6.07) is 0. The van der Waals surface area contributed by atoms with Crippen molar-refractivity contribution in [3.8, 4) is 0 Å². The molecule has 0 heterocycles. The van der Waals surface area contributed by atoms with Crippen LogP contribution in [0.3, 0.4) is 0 Å². The van der Waals surface area contributed by atoms with Crippen LogP contribution in [-0.2, 0) is 9.53 Å². The van der Waals surface area contributed by atoms with Crippen molar-refractivity contribution in [2.45, 2.75) is 52.1 Å². The van der Waals surface area contributed by atoms with E-state index >= 15 is 0 Å². The second-order valence-electron chi connectivity index (χ2n) is 3.88. The first-order valence-corrected chi connectivity index (χ1v) is 6.25. The Balaban J connectivity index is 3.12. The molecule has 0 aliphatic rings. The molecule has 0 amide bonds. The number of unbranched alkanes of at least 4 members (excludes halogenated alkanes) is 2. The number of hydrogen-bond acceptors (Lipinski definition) is 4. The van der Waals surface area contributed by atoms with E-state index in [1.807, 2.05) is 13.8 Å². The summed E-state index contributed by atoms with van der Waals surface area (Å²) in [5, 5.41) is 12.5. The highest BCUT2D eigenvalue weighted by atomic mass is 16.5. The molecule has 96 valence electrons. The third kappa shape index (κ3) is 9.93. The summed E-state index contributed by atoms with van der Waals surface area (Å²) in [7, 11) is 0. The summed E-state index contributed by atoms with van der Waals surface area (Å²) < 4.78 is 4.83. The predicted molar refractivity (Wildman–Crippen MR) is 64.3 cm³/mol. The van der Waals surface area contributed by atoms with Crippen LogP contribution in [0.5, 0.6) is 0 Å². The normalized spacial score (nSPS) is 12.4. The van der Waals surface area contributed by atoms with Crippen molar-refractivity contribution < 1.29 is 14.6 Å². The maximum Gasteiger partial charge on any atom is 0.305 e. The second kappa shape index (κ2) is 10.9. The Labute approximate surface area is 98.4 Å². The standard InChI is InChI=1S/C12H25NO3/c1-3-11(14)10-13-9-7-5-6-8-12(15)16-4-2/h11,13-14H,3-10H2,1-2H3. The Kier molecular flexibility index (Phi) is 10.5. The fourth-order valence-corrected chi connectivity index (χ4v) is 1.34. The largest absolute Gasteiger partial charge is 0.466 e. The minimum atomic E-state index is -0.237.